The molecule has 2 aromatic rings. The number of nitrogens with one attached hydrogen (secondary N) is 10. The van der Waals surface area contributed by atoms with Crippen molar-refractivity contribution in [2.24, 2.45) is 5.92 Å². The van der Waals surface area contributed by atoms with Crippen molar-refractivity contribution in [3.8, 4) is 11.5 Å². The lowest BCUT2D eigenvalue weighted by atomic mass is 9.70. The van der Waals surface area contributed by atoms with Crippen LogP contribution in [0.25, 0.3) is 0 Å². The van der Waals surface area contributed by atoms with Crippen molar-refractivity contribution in [3.63, 3.8) is 0 Å². The highest BCUT2D eigenvalue weighted by atomic mass is 16.5. The van der Waals surface area contributed by atoms with E-state index in [1.807, 2.05) is 0 Å². The third-order valence-corrected chi connectivity index (χ3v) is 14.3. The van der Waals surface area contributed by atoms with Crippen LogP contribution in [0.1, 0.15) is 88.2 Å². The number of carboxylic acid groups (broad SMARTS) is 1. The quantitative estimate of drug-likeness (QED) is 0.137. The third kappa shape index (κ3) is 9.76. The highest BCUT2D eigenvalue weighted by molar-refractivity contribution is 5.98. The summed E-state index contributed by atoms with van der Waals surface area (Å²) in [6, 6.07) is -1.21. The molecule has 1 fully saturated rings. The molecule has 0 aromatic heterocycles. The Balaban J connectivity index is 1.34. The molecule has 6 aliphatic heterocycles. The number of carbonyl (C=O) groups excluding carboxylic acids is 9. The molecular weight excluding hydrogens is 945 g/mol. The lowest BCUT2D eigenvalue weighted by molar-refractivity contribution is -0.148. The summed E-state index contributed by atoms with van der Waals surface area (Å²) < 4.78 is 13.5. The molecule has 1 spiro atoms. The van der Waals surface area contributed by atoms with E-state index in [-0.39, 0.29) is 60.8 Å². The zero-order valence-electron chi connectivity index (χ0n) is 39.8. The van der Waals surface area contributed by atoms with E-state index in [0.29, 0.717) is 16.7 Å². The number of carbonyl (C=O) groups is 10. The smallest absolute Gasteiger partial charge is 0.330 e. The lowest BCUT2D eigenvalue weighted by Crippen LogP contribution is -2.61. The SMILES string of the molecule is CC[C@@]1(C)Oc2cccc3c2N[C@@H]2Oc4c5cc6cc4[C@]32C[C@H](NC(=O)[C@H](C(C)O)NC(=O)CNC(=O)[C@@H](NC(=O)[C@@H](NC(=O)C2CCC(=O)N2)C[C@@H](C)C5)[C@@H]6O)C(=O)NCC(=O)NCC(=O)N[C@@H]1C(=O)O. The topological polar surface area (TPSA) is 370 Å². The zero-order valence-corrected chi connectivity index (χ0v) is 39.8. The van der Waals surface area contributed by atoms with E-state index in [1.165, 1.54) is 19.9 Å². The maximum atomic E-state index is 14.6. The molecule has 0 aliphatic carbocycles. The maximum absolute atomic E-state index is 14.6. The Kier molecular flexibility index (Phi) is 14.1. The van der Waals surface area contributed by atoms with Crippen LogP contribution in [0.5, 0.6) is 11.5 Å². The van der Waals surface area contributed by atoms with Crippen molar-refractivity contribution < 1.29 is 72.7 Å². The molecule has 9 bridgehead atoms. The summed E-state index contributed by atoms with van der Waals surface area (Å²) in [5.74, 6) is -9.26. The fraction of sp³-hybridized carbons (Fsp3) is 0.532. The van der Waals surface area contributed by atoms with Gasteiger partial charge in [-0.1, -0.05) is 26.0 Å². The minimum Gasteiger partial charge on any atom is -0.483 e. The van der Waals surface area contributed by atoms with E-state index < -0.39 is 151 Å². The summed E-state index contributed by atoms with van der Waals surface area (Å²) in [6.45, 7) is 3.87. The predicted octanol–water partition coefficient (Wildman–Crippen LogP) is -3.79. The normalized spacial score (nSPS) is 32.3. The van der Waals surface area contributed by atoms with Gasteiger partial charge >= 0.3 is 5.97 Å². The number of aliphatic carboxylic acids is 1. The largest absolute Gasteiger partial charge is 0.483 e. The molecule has 8 rings (SSSR count). The molecule has 6 heterocycles. The second-order valence-electron chi connectivity index (χ2n) is 19.4. The van der Waals surface area contributed by atoms with E-state index in [4.69, 9.17) is 9.47 Å². The lowest BCUT2D eigenvalue weighted by Gasteiger charge is -2.36. The van der Waals surface area contributed by atoms with Gasteiger partial charge in [-0.2, -0.15) is 0 Å². The Bertz CT molecular complexity index is 2630. The molecule has 13 N–H and O–H groups in total. The summed E-state index contributed by atoms with van der Waals surface area (Å²) in [5.41, 5.74) is -1.84. The maximum Gasteiger partial charge on any atom is 0.330 e. The van der Waals surface area contributed by atoms with Crippen LogP contribution in [-0.2, 0) is 59.8 Å². The molecule has 0 radical (unpaired) electrons. The number of hydrogen-bond donors (Lipinski definition) is 13. The predicted molar refractivity (Wildman–Crippen MR) is 247 cm³/mol. The summed E-state index contributed by atoms with van der Waals surface area (Å²) in [5, 5.41) is 59.7. The van der Waals surface area contributed by atoms with Crippen LogP contribution in [-0.4, -0.2) is 148 Å². The molecule has 1 saturated heterocycles. The number of anilines is 1. The van der Waals surface area contributed by atoms with Crippen molar-refractivity contribution in [2.75, 3.05) is 25.0 Å². The van der Waals surface area contributed by atoms with Crippen LogP contribution in [0.15, 0.2) is 30.3 Å². The van der Waals surface area contributed by atoms with Gasteiger partial charge in [-0.05, 0) is 86.8 Å². The van der Waals surface area contributed by atoms with Gasteiger partial charge in [-0.25, -0.2) is 4.79 Å². The van der Waals surface area contributed by atoms with Gasteiger partial charge in [0.1, 0.15) is 53.4 Å². The zero-order chi connectivity index (χ0) is 52.0. The average molecular weight is 1000 g/mol. The number of aliphatic hydroxyl groups is 2. The van der Waals surface area contributed by atoms with Crippen molar-refractivity contribution in [3.05, 3.63) is 52.6 Å². The van der Waals surface area contributed by atoms with Crippen LogP contribution in [0.4, 0.5) is 5.69 Å². The monoisotopic (exact) mass is 1000 g/mol. The average Bonchev–Trinajstić information content (AvgIpc) is 4.00. The highest BCUT2D eigenvalue weighted by Crippen LogP contribution is 2.60. The van der Waals surface area contributed by atoms with Crippen molar-refractivity contribution in [1.29, 1.82) is 0 Å². The van der Waals surface area contributed by atoms with Gasteiger partial charge in [0.25, 0.3) is 0 Å². The van der Waals surface area contributed by atoms with E-state index in [2.05, 4.69) is 53.2 Å². The van der Waals surface area contributed by atoms with Crippen molar-refractivity contribution in [2.45, 2.75) is 132 Å². The minimum absolute atomic E-state index is 0.0252. The molecule has 386 valence electrons. The first-order chi connectivity index (χ1) is 34.1. The summed E-state index contributed by atoms with van der Waals surface area (Å²) in [6.07, 6.45) is -4.72. The first-order valence-electron chi connectivity index (χ1n) is 23.8. The number of aliphatic hydroxyl groups excluding tert-OH is 2. The molecule has 25 nitrogen and oxygen atoms in total. The summed E-state index contributed by atoms with van der Waals surface area (Å²) >= 11 is 0. The van der Waals surface area contributed by atoms with E-state index in [1.54, 1.807) is 38.1 Å². The van der Waals surface area contributed by atoms with E-state index in [0.717, 1.165) is 0 Å². The fourth-order valence-electron chi connectivity index (χ4n) is 10.3. The van der Waals surface area contributed by atoms with Gasteiger partial charge in [0, 0.05) is 12.0 Å². The third-order valence-electron chi connectivity index (χ3n) is 14.3. The molecule has 12 atom stereocenters. The molecular formula is C47H58N10O15. The van der Waals surface area contributed by atoms with Gasteiger partial charge in [-0.3, -0.25) is 43.2 Å². The molecule has 9 amide bonds. The van der Waals surface area contributed by atoms with Gasteiger partial charge < -0.3 is 78.0 Å². The Labute approximate surface area is 411 Å². The van der Waals surface area contributed by atoms with Gasteiger partial charge in [0.15, 0.2) is 12.3 Å². The number of hydrogen-bond acceptors (Lipinski definition) is 15. The Morgan fingerprint density at radius 1 is 0.833 bits per heavy atom. The van der Waals surface area contributed by atoms with Gasteiger partial charge in [-0.15, -0.1) is 0 Å². The second kappa shape index (κ2) is 19.9. The molecule has 6 aliphatic rings. The number of benzene rings is 2. The number of amides is 9. The van der Waals surface area contributed by atoms with Crippen LogP contribution in [0, 0.1) is 5.92 Å². The molecule has 0 saturated carbocycles. The number of fused-ring (bicyclic) bond motifs is 4. The van der Waals surface area contributed by atoms with Crippen molar-refractivity contribution >= 4 is 64.8 Å². The number of carboxylic acids is 1. The van der Waals surface area contributed by atoms with Crippen molar-refractivity contribution in [1.82, 2.24) is 47.9 Å². The minimum atomic E-state index is -1.89. The number of ether oxygens (including phenoxy) is 2. The van der Waals surface area contributed by atoms with Crippen LogP contribution in [0.2, 0.25) is 0 Å². The van der Waals surface area contributed by atoms with Gasteiger partial charge in [0.05, 0.1) is 36.8 Å². The van der Waals surface area contributed by atoms with Crippen LogP contribution in [0.3, 0.4) is 0 Å². The Hall–Kier alpha value is -7.54. The van der Waals surface area contributed by atoms with E-state index >= 15 is 0 Å². The first kappa shape index (κ1) is 50.8. The van der Waals surface area contributed by atoms with Gasteiger partial charge in [0.2, 0.25) is 53.2 Å². The molecule has 2 unspecified atom stereocenters. The molecule has 25 heteroatoms. The fourth-order valence-corrected chi connectivity index (χ4v) is 10.3. The van der Waals surface area contributed by atoms with Crippen LogP contribution < -0.4 is 62.6 Å². The van der Waals surface area contributed by atoms with Crippen LogP contribution >= 0.6 is 0 Å². The molecule has 72 heavy (non-hydrogen) atoms. The number of para-hydroxylation sites is 1. The van der Waals surface area contributed by atoms with E-state index in [9.17, 15) is 63.3 Å². The second-order valence-corrected chi connectivity index (χ2v) is 19.4. The first-order valence-corrected chi connectivity index (χ1v) is 23.8. The molecule has 2 aromatic carbocycles. The Morgan fingerprint density at radius 3 is 2.24 bits per heavy atom. The summed E-state index contributed by atoms with van der Waals surface area (Å²) in [7, 11) is 0. The summed E-state index contributed by atoms with van der Waals surface area (Å²) in [4.78, 5) is 136. The highest BCUT2D eigenvalue weighted by Gasteiger charge is 2.59. The Morgan fingerprint density at radius 2 is 1.54 bits per heavy atom. The number of rotatable bonds is 5. The standard InChI is InChI=1S/C47H58N10O15/c1-5-46(4)38(44(69)70)55-32(62)17-48-30(60)16-49-39(64)27-15-47-23-7-6-8-28(72-46)34(23)57-45(47)71-37-22-11-19(2)12-26(52-40(65)25-9-10-29(59)51-25)41(66)56-35(36(63)21(13-22)14-24(37)47)42(67)50-18-31(61)54-33(20(3)58)43(68)53-27/h6-8,13-14,19-20,25-27,33,35-36,38,45,57-58,63H,5,9-12,15-18H2,1-4H3,(H,48,60)(H,49,64)(H,50,67)(H,51,59)(H,52,65)(H,53,68)(H,54,61)(H,55,62)(H,56,66)(H,69,70)/t19-,20?,25?,26-,27-,33-,35-,36+,38+,45+,46+,47-/m0/s1.